The first kappa shape index (κ1) is 12.7. The smallest absolute Gasteiger partial charge is 0.125 e. The Morgan fingerprint density at radius 1 is 1.35 bits per heavy atom. The van der Waals surface area contributed by atoms with Crippen molar-refractivity contribution < 1.29 is 0 Å². The average Bonchev–Trinajstić information content (AvgIpc) is 2.64. The van der Waals surface area contributed by atoms with Crippen molar-refractivity contribution in [2.24, 2.45) is 0 Å². The number of hydrogen-bond donors (Lipinski definition) is 1. The largest absolute Gasteiger partial charge is 0.315 e. The number of aromatic nitrogens is 1. The Hall–Kier alpha value is -0.710. The number of thiazole rings is 1. The maximum Gasteiger partial charge on any atom is 0.125 e. The summed E-state index contributed by atoms with van der Waals surface area (Å²) in [7, 11) is 1.95. The lowest BCUT2D eigenvalue weighted by Crippen LogP contribution is -2.03. The van der Waals surface area contributed by atoms with E-state index in [1.807, 2.05) is 7.05 Å². The van der Waals surface area contributed by atoms with Gasteiger partial charge in [0, 0.05) is 12.1 Å². The van der Waals surface area contributed by atoms with Gasteiger partial charge in [0.25, 0.3) is 0 Å². The summed E-state index contributed by atoms with van der Waals surface area (Å²) in [4.78, 5) is 5.84. The molecule has 0 saturated heterocycles. The van der Waals surface area contributed by atoms with Crippen molar-refractivity contribution in [2.75, 3.05) is 7.05 Å². The van der Waals surface area contributed by atoms with E-state index in [0.717, 1.165) is 16.2 Å². The molecule has 90 valence electrons. The summed E-state index contributed by atoms with van der Waals surface area (Å²) in [5.74, 6) is 0. The quantitative estimate of drug-likeness (QED) is 0.929. The molecule has 17 heavy (non-hydrogen) atoms. The second-order valence-electron chi connectivity index (χ2n) is 4.08. The molecule has 0 fully saturated rings. The highest BCUT2D eigenvalue weighted by atomic mass is 79.9. The topological polar surface area (TPSA) is 24.9 Å². The van der Waals surface area contributed by atoms with Gasteiger partial charge in [-0.05, 0) is 48.5 Å². The van der Waals surface area contributed by atoms with E-state index in [4.69, 9.17) is 0 Å². The van der Waals surface area contributed by atoms with E-state index in [1.54, 1.807) is 11.3 Å². The van der Waals surface area contributed by atoms with Crippen LogP contribution in [0, 0.1) is 13.8 Å². The van der Waals surface area contributed by atoms with Gasteiger partial charge in [-0.15, -0.1) is 11.3 Å². The third-order valence-electron chi connectivity index (χ3n) is 2.61. The van der Waals surface area contributed by atoms with Crippen LogP contribution < -0.4 is 5.32 Å². The number of hydrogen-bond acceptors (Lipinski definition) is 3. The number of benzene rings is 1. The zero-order valence-electron chi connectivity index (χ0n) is 10.2. The molecule has 2 rings (SSSR count). The van der Waals surface area contributed by atoms with Gasteiger partial charge in [-0.1, -0.05) is 17.7 Å². The van der Waals surface area contributed by atoms with Crippen LogP contribution in [0.1, 0.15) is 16.0 Å². The molecule has 0 spiro atoms. The lowest BCUT2D eigenvalue weighted by Gasteiger charge is -2.03. The molecule has 4 heteroatoms. The van der Waals surface area contributed by atoms with Gasteiger partial charge in [0.15, 0.2) is 0 Å². The molecule has 1 aromatic heterocycles. The van der Waals surface area contributed by atoms with Crippen molar-refractivity contribution in [1.82, 2.24) is 10.3 Å². The van der Waals surface area contributed by atoms with Crippen molar-refractivity contribution in [1.29, 1.82) is 0 Å². The fourth-order valence-electron chi connectivity index (χ4n) is 1.68. The van der Waals surface area contributed by atoms with E-state index in [-0.39, 0.29) is 0 Å². The molecule has 2 aromatic rings. The fraction of sp³-hybridized carbons (Fsp3) is 0.308. The van der Waals surface area contributed by atoms with Crippen molar-refractivity contribution >= 4 is 27.3 Å². The Labute approximate surface area is 114 Å². The second-order valence-corrected chi connectivity index (χ2v) is 5.92. The van der Waals surface area contributed by atoms with Gasteiger partial charge in [-0.25, -0.2) is 4.98 Å². The summed E-state index contributed by atoms with van der Waals surface area (Å²) < 4.78 is 0.952. The highest BCUT2D eigenvalue weighted by Gasteiger charge is 2.11. The predicted octanol–water partition coefficient (Wildman–Crippen LogP) is 3.91. The van der Waals surface area contributed by atoms with Gasteiger partial charge in [0.1, 0.15) is 9.61 Å². The first-order valence-corrected chi connectivity index (χ1v) is 7.10. The lowest BCUT2D eigenvalue weighted by atomic mass is 10.1. The Balaban J connectivity index is 2.45. The van der Waals surface area contributed by atoms with E-state index < -0.39 is 0 Å². The van der Waals surface area contributed by atoms with Crippen molar-refractivity contribution in [3.05, 3.63) is 38.8 Å². The normalized spacial score (nSPS) is 10.8. The van der Waals surface area contributed by atoms with Gasteiger partial charge in [0.05, 0.1) is 4.88 Å². The molecular weight excluding hydrogens is 296 g/mol. The SMILES string of the molecule is CNCc1sc(-c2cc(C)ccc2C)nc1Br. The molecule has 0 bridgehead atoms. The monoisotopic (exact) mass is 310 g/mol. The summed E-state index contributed by atoms with van der Waals surface area (Å²) in [6.45, 7) is 5.09. The summed E-state index contributed by atoms with van der Waals surface area (Å²) in [5, 5.41) is 4.24. The summed E-state index contributed by atoms with van der Waals surface area (Å²) in [6.07, 6.45) is 0. The van der Waals surface area contributed by atoms with Crippen molar-refractivity contribution in [2.45, 2.75) is 20.4 Å². The standard InChI is InChI=1S/C13H15BrN2S/c1-8-4-5-9(2)10(6-8)13-16-12(14)11(17-13)7-15-3/h4-6,15H,7H2,1-3H3. The average molecular weight is 311 g/mol. The molecule has 1 N–H and O–H groups in total. The number of rotatable bonds is 3. The van der Waals surface area contributed by atoms with Gasteiger partial charge < -0.3 is 5.32 Å². The molecule has 0 atom stereocenters. The molecule has 0 saturated carbocycles. The minimum absolute atomic E-state index is 0.850. The van der Waals surface area contributed by atoms with Gasteiger partial charge in [-0.3, -0.25) is 0 Å². The summed E-state index contributed by atoms with van der Waals surface area (Å²) >= 11 is 5.26. The van der Waals surface area contributed by atoms with E-state index in [9.17, 15) is 0 Å². The van der Waals surface area contributed by atoms with E-state index in [2.05, 4.69) is 58.3 Å². The minimum atomic E-state index is 0.850. The van der Waals surface area contributed by atoms with Crippen molar-refractivity contribution in [3.8, 4) is 10.6 Å². The van der Waals surface area contributed by atoms with Crippen LogP contribution in [0.4, 0.5) is 0 Å². The van der Waals surface area contributed by atoms with E-state index >= 15 is 0 Å². The molecule has 0 aliphatic rings. The zero-order valence-corrected chi connectivity index (χ0v) is 12.6. The van der Waals surface area contributed by atoms with Crippen LogP contribution in [0.2, 0.25) is 0 Å². The van der Waals surface area contributed by atoms with E-state index in [0.29, 0.717) is 0 Å². The lowest BCUT2D eigenvalue weighted by molar-refractivity contribution is 0.825. The molecule has 0 aliphatic heterocycles. The number of nitrogens with one attached hydrogen (secondary N) is 1. The molecule has 0 aliphatic carbocycles. The maximum absolute atomic E-state index is 4.60. The Kier molecular flexibility index (Phi) is 3.97. The van der Waals surface area contributed by atoms with Crippen LogP contribution in [0.5, 0.6) is 0 Å². The summed E-state index contributed by atoms with van der Waals surface area (Å²) in [6, 6.07) is 6.48. The molecule has 0 amide bonds. The summed E-state index contributed by atoms with van der Waals surface area (Å²) in [5.41, 5.74) is 3.78. The molecule has 1 heterocycles. The first-order chi connectivity index (χ1) is 8.11. The Bertz CT molecular complexity index is 534. The fourth-order valence-corrected chi connectivity index (χ4v) is 3.41. The van der Waals surface area contributed by atoms with Gasteiger partial charge >= 0.3 is 0 Å². The second kappa shape index (κ2) is 5.29. The first-order valence-electron chi connectivity index (χ1n) is 5.49. The number of aryl methyl sites for hydroxylation is 2. The maximum atomic E-state index is 4.60. The van der Waals surface area contributed by atoms with Crippen LogP contribution >= 0.6 is 27.3 Å². The molecule has 1 aromatic carbocycles. The predicted molar refractivity (Wildman–Crippen MR) is 77.5 cm³/mol. The molecule has 2 nitrogen and oxygen atoms in total. The van der Waals surface area contributed by atoms with E-state index in [1.165, 1.54) is 21.6 Å². The van der Waals surface area contributed by atoms with Crippen LogP contribution in [-0.2, 0) is 6.54 Å². The molecule has 0 unspecified atom stereocenters. The zero-order chi connectivity index (χ0) is 12.4. The van der Waals surface area contributed by atoms with Crippen molar-refractivity contribution in [3.63, 3.8) is 0 Å². The minimum Gasteiger partial charge on any atom is -0.315 e. The number of halogens is 1. The molecular formula is C13H15BrN2S. The van der Waals surface area contributed by atoms with Crippen LogP contribution in [0.3, 0.4) is 0 Å². The van der Waals surface area contributed by atoms with Gasteiger partial charge in [-0.2, -0.15) is 0 Å². The molecule has 0 radical (unpaired) electrons. The highest BCUT2D eigenvalue weighted by molar-refractivity contribution is 9.10. The number of nitrogens with zero attached hydrogens (tertiary/aromatic N) is 1. The third-order valence-corrected chi connectivity index (χ3v) is 4.62. The highest BCUT2D eigenvalue weighted by Crippen LogP contribution is 2.33. The Morgan fingerprint density at radius 2 is 2.12 bits per heavy atom. The third kappa shape index (κ3) is 2.76. The van der Waals surface area contributed by atoms with Gasteiger partial charge in [0.2, 0.25) is 0 Å². The Morgan fingerprint density at radius 3 is 2.82 bits per heavy atom. The van der Waals surface area contributed by atoms with Crippen LogP contribution in [-0.4, -0.2) is 12.0 Å². The van der Waals surface area contributed by atoms with Crippen LogP contribution in [0.15, 0.2) is 22.8 Å². The van der Waals surface area contributed by atoms with Crippen LogP contribution in [0.25, 0.3) is 10.6 Å².